The van der Waals surface area contributed by atoms with Gasteiger partial charge in [-0.05, 0) is 93.1 Å². The molecule has 0 spiro atoms. The highest BCUT2D eigenvalue weighted by molar-refractivity contribution is 6.25. The molecule has 0 aromatic carbocycles. The molecule has 0 aromatic heterocycles. The van der Waals surface area contributed by atoms with E-state index < -0.39 is 11.4 Å². The SMILES string of the molecule is CCCC1=C(C)C2=NC1=CC1=NC(=CC3=C(C)C4=C(O)C(C)(C(=O)OC)C(=C5NC(=C2)C(C)C5CCC(=O)OC)C4=N3)C(CC)=C1C. The van der Waals surface area contributed by atoms with Gasteiger partial charge >= 0.3 is 11.9 Å². The fourth-order valence-electron chi connectivity index (χ4n) is 7.79. The van der Waals surface area contributed by atoms with Gasteiger partial charge in [-0.3, -0.25) is 9.59 Å². The second-order valence-corrected chi connectivity index (χ2v) is 13.2. The van der Waals surface area contributed by atoms with Gasteiger partial charge in [0.15, 0.2) is 5.41 Å². The van der Waals surface area contributed by atoms with Gasteiger partial charge in [-0.2, -0.15) is 0 Å². The summed E-state index contributed by atoms with van der Waals surface area (Å²) < 4.78 is 10.3. The topological polar surface area (TPSA) is 122 Å². The molecular weight excluding hydrogens is 592 g/mol. The van der Waals surface area contributed by atoms with E-state index in [1.165, 1.54) is 19.8 Å². The van der Waals surface area contributed by atoms with Crippen LogP contribution in [0.15, 0.2) is 106 Å². The van der Waals surface area contributed by atoms with Crippen LogP contribution in [0.25, 0.3) is 0 Å². The average molecular weight is 637 g/mol. The molecule has 3 unspecified atom stereocenters. The number of methoxy groups -OCH3 is 2. The lowest BCUT2D eigenvalue weighted by Gasteiger charge is -2.27. The number of carbonyl (C=O) groups excluding carboxylic acids is 2. The molecule has 5 heterocycles. The standard InChI is InChI=1S/C38H44N4O5/c1-10-12-23-19(4)25-15-27-20(5)24(13-14-31(43)46-8)34(41-27)33-35-32(36(44)38(33,7)37(45)47-9)21(6)28(42-35)17-29-22(11-2)18(3)26(39-29)16-30(23)40-25/h15-17,20,24,41,44H,10-14H2,1-9H3. The van der Waals surface area contributed by atoms with E-state index in [2.05, 4.69) is 52.1 Å². The van der Waals surface area contributed by atoms with Crippen molar-refractivity contribution < 1.29 is 24.2 Å². The molecule has 0 radical (unpaired) electrons. The molecule has 1 aliphatic carbocycles. The Kier molecular flexibility index (Phi) is 8.22. The smallest absolute Gasteiger partial charge is 0.323 e. The summed E-state index contributed by atoms with van der Waals surface area (Å²) in [5.41, 5.74) is 11.3. The van der Waals surface area contributed by atoms with Crippen molar-refractivity contribution in [3.63, 3.8) is 0 Å². The molecule has 47 heavy (non-hydrogen) atoms. The van der Waals surface area contributed by atoms with E-state index >= 15 is 0 Å². The van der Waals surface area contributed by atoms with Crippen molar-refractivity contribution in [2.45, 2.75) is 80.6 Å². The summed E-state index contributed by atoms with van der Waals surface area (Å²) in [6.07, 6.45) is 9.51. The summed E-state index contributed by atoms with van der Waals surface area (Å²) in [4.78, 5) is 41.5. The van der Waals surface area contributed by atoms with Crippen LogP contribution in [0.2, 0.25) is 0 Å². The summed E-state index contributed by atoms with van der Waals surface area (Å²) in [7, 11) is 2.71. The molecule has 6 rings (SSSR count). The van der Waals surface area contributed by atoms with E-state index in [0.717, 1.165) is 75.8 Å². The third-order valence-corrected chi connectivity index (χ3v) is 10.6. The van der Waals surface area contributed by atoms with E-state index in [9.17, 15) is 14.7 Å². The van der Waals surface area contributed by atoms with Gasteiger partial charge < -0.3 is 19.9 Å². The number of hydrogen-bond acceptors (Lipinski definition) is 9. The minimum Gasteiger partial charge on any atom is -0.510 e. The molecule has 6 aliphatic rings. The van der Waals surface area contributed by atoms with Crippen molar-refractivity contribution in [1.82, 2.24) is 5.32 Å². The first-order chi connectivity index (χ1) is 22.4. The number of aliphatic hydroxyl groups excluding tert-OH is 1. The molecule has 0 amide bonds. The highest BCUT2D eigenvalue weighted by Gasteiger charge is 2.57. The molecule has 5 aliphatic heterocycles. The number of esters is 2. The monoisotopic (exact) mass is 636 g/mol. The van der Waals surface area contributed by atoms with E-state index in [1.54, 1.807) is 6.92 Å². The number of nitrogens with zero attached hydrogens (tertiary/aromatic N) is 3. The number of carbonyl (C=O) groups is 2. The van der Waals surface area contributed by atoms with E-state index in [-0.39, 0.29) is 30.0 Å². The number of allylic oxidation sites excluding steroid dienone is 11. The first-order valence-electron chi connectivity index (χ1n) is 16.6. The van der Waals surface area contributed by atoms with Crippen molar-refractivity contribution >= 4 is 29.1 Å². The van der Waals surface area contributed by atoms with Gasteiger partial charge in [-0.25, -0.2) is 15.0 Å². The van der Waals surface area contributed by atoms with Gasteiger partial charge in [0.2, 0.25) is 0 Å². The number of aliphatic imine (C=N–C) groups is 3. The van der Waals surface area contributed by atoms with Crippen LogP contribution in [0.1, 0.15) is 80.6 Å². The highest BCUT2D eigenvalue weighted by Crippen LogP contribution is 2.54. The second-order valence-electron chi connectivity index (χ2n) is 13.2. The molecule has 1 saturated heterocycles. The van der Waals surface area contributed by atoms with Crippen LogP contribution >= 0.6 is 0 Å². The van der Waals surface area contributed by atoms with Gasteiger partial charge in [0.05, 0.1) is 48.4 Å². The largest absolute Gasteiger partial charge is 0.510 e. The molecular formula is C38H44N4O5. The molecule has 0 aromatic rings. The fraction of sp³-hybridized carbons (Fsp3) is 0.447. The number of aliphatic hydroxyl groups is 1. The number of nitrogens with one attached hydrogen (secondary N) is 1. The Bertz CT molecular complexity index is 1870. The maximum atomic E-state index is 13.7. The Morgan fingerprint density at radius 1 is 0.936 bits per heavy atom. The zero-order chi connectivity index (χ0) is 33.9. The summed E-state index contributed by atoms with van der Waals surface area (Å²) >= 11 is 0. The Balaban J connectivity index is 1.68. The van der Waals surface area contributed by atoms with Gasteiger partial charge in [-0.1, -0.05) is 27.2 Å². The minimum absolute atomic E-state index is 0.0700. The van der Waals surface area contributed by atoms with Gasteiger partial charge in [0.25, 0.3) is 0 Å². The predicted molar refractivity (Wildman–Crippen MR) is 184 cm³/mol. The third-order valence-electron chi connectivity index (χ3n) is 10.6. The van der Waals surface area contributed by atoms with Crippen LogP contribution in [0.5, 0.6) is 0 Å². The summed E-state index contributed by atoms with van der Waals surface area (Å²) in [6.45, 7) is 14.2. The first-order valence-corrected chi connectivity index (χ1v) is 16.6. The van der Waals surface area contributed by atoms with Crippen molar-refractivity contribution in [3.8, 4) is 0 Å². The van der Waals surface area contributed by atoms with Gasteiger partial charge in [0.1, 0.15) is 5.76 Å². The first kappa shape index (κ1) is 32.4. The second kappa shape index (κ2) is 11.9. The fourth-order valence-corrected chi connectivity index (χ4v) is 7.79. The lowest BCUT2D eigenvalue weighted by molar-refractivity contribution is -0.148. The molecule has 9 nitrogen and oxygen atoms in total. The predicted octanol–water partition coefficient (Wildman–Crippen LogP) is 7.20. The normalized spacial score (nSPS) is 26.4. The van der Waals surface area contributed by atoms with Crippen LogP contribution in [-0.4, -0.2) is 48.4 Å². The van der Waals surface area contributed by atoms with E-state index in [4.69, 9.17) is 24.5 Å². The molecule has 3 atom stereocenters. The van der Waals surface area contributed by atoms with E-state index in [1.807, 2.05) is 13.0 Å². The highest BCUT2D eigenvalue weighted by atomic mass is 16.5. The third kappa shape index (κ3) is 4.85. The maximum Gasteiger partial charge on any atom is 0.323 e. The summed E-state index contributed by atoms with van der Waals surface area (Å²) in [5.74, 6) is -1.26. The van der Waals surface area contributed by atoms with E-state index in [0.29, 0.717) is 29.0 Å². The van der Waals surface area contributed by atoms with Crippen LogP contribution in [0.4, 0.5) is 0 Å². The minimum atomic E-state index is -1.51. The lowest BCUT2D eigenvalue weighted by Crippen LogP contribution is -2.35. The van der Waals surface area contributed by atoms with Crippen LogP contribution in [0.3, 0.4) is 0 Å². The zero-order valence-corrected chi connectivity index (χ0v) is 28.8. The Morgan fingerprint density at radius 3 is 2.23 bits per heavy atom. The molecule has 2 N–H and O–H groups in total. The zero-order valence-electron chi connectivity index (χ0n) is 28.8. The lowest BCUT2D eigenvalue weighted by atomic mass is 9.78. The van der Waals surface area contributed by atoms with Crippen LogP contribution in [-0.2, 0) is 19.1 Å². The molecule has 8 bridgehead atoms. The van der Waals surface area contributed by atoms with Crippen LogP contribution < -0.4 is 5.32 Å². The van der Waals surface area contributed by atoms with Gasteiger partial charge in [-0.15, -0.1) is 0 Å². The van der Waals surface area contributed by atoms with Crippen molar-refractivity contribution in [3.05, 3.63) is 91.5 Å². The van der Waals surface area contributed by atoms with Crippen molar-refractivity contribution in [1.29, 1.82) is 0 Å². The number of fused-ring (bicyclic) bond motifs is 5. The Labute approximate surface area is 276 Å². The molecule has 0 saturated carbocycles. The molecule has 246 valence electrons. The molecule has 1 fully saturated rings. The average Bonchev–Trinajstić information content (AvgIpc) is 3.77. The number of rotatable bonds is 7. The maximum absolute atomic E-state index is 13.7. The van der Waals surface area contributed by atoms with Crippen LogP contribution in [0, 0.1) is 17.3 Å². The summed E-state index contributed by atoms with van der Waals surface area (Å²) in [5, 5.41) is 15.6. The molecule has 9 heteroatoms. The Morgan fingerprint density at radius 2 is 1.60 bits per heavy atom. The van der Waals surface area contributed by atoms with Gasteiger partial charge in [0, 0.05) is 40.8 Å². The Hall–Kier alpha value is -4.53. The van der Waals surface area contributed by atoms with Crippen molar-refractivity contribution in [2.24, 2.45) is 32.2 Å². The van der Waals surface area contributed by atoms with Crippen molar-refractivity contribution in [2.75, 3.05) is 14.2 Å². The number of ether oxygens (including phenoxy) is 2. The quantitative estimate of drug-likeness (QED) is 0.285. The summed E-state index contributed by atoms with van der Waals surface area (Å²) in [6, 6.07) is 0. The number of hydrogen-bond donors (Lipinski definition) is 2.